The molecule has 31 heavy (non-hydrogen) atoms. The van der Waals surface area contributed by atoms with Gasteiger partial charge in [-0.15, -0.1) is 0 Å². The SMILES string of the molecule is CC1=C/C(=C/N[C@H](C(=O)O)C(C)C)C(=O)C(C23CC4CC(CC(C4)C2)C3)=C1.CO.[O]=[V]. The molecule has 4 fully saturated rings. The molecule has 5 aliphatic carbocycles. The zero-order valence-electron chi connectivity index (χ0n) is 18.9. The third-order valence-corrected chi connectivity index (χ3v) is 7.22. The van der Waals surface area contributed by atoms with Crippen LogP contribution in [0.2, 0.25) is 0 Å². The second-order valence-corrected chi connectivity index (χ2v) is 9.80. The summed E-state index contributed by atoms with van der Waals surface area (Å²) in [6.07, 6.45) is 13.2. The number of aliphatic hydroxyl groups excluding tert-OH is 1. The second kappa shape index (κ2) is 10.9. The van der Waals surface area contributed by atoms with E-state index in [-0.39, 0.29) is 17.1 Å². The van der Waals surface area contributed by atoms with Gasteiger partial charge in [-0.1, -0.05) is 19.9 Å². The number of nitrogens with one attached hydrogen (secondary N) is 1. The van der Waals surface area contributed by atoms with E-state index in [1.54, 1.807) is 6.20 Å². The zero-order valence-corrected chi connectivity index (χ0v) is 20.3. The summed E-state index contributed by atoms with van der Waals surface area (Å²) >= 11 is 1.06. The summed E-state index contributed by atoms with van der Waals surface area (Å²) in [6.45, 7) is 5.78. The van der Waals surface area contributed by atoms with Crippen molar-refractivity contribution in [2.24, 2.45) is 29.1 Å². The van der Waals surface area contributed by atoms with E-state index in [9.17, 15) is 14.7 Å². The molecule has 0 amide bonds. The Morgan fingerprint density at radius 1 is 1.10 bits per heavy atom. The molecule has 0 heterocycles. The molecule has 171 valence electrons. The molecule has 5 aliphatic rings. The Balaban J connectivity index is 0.000000807. The number of hydrogen-bond donors (Lipinski definition) is 3. The Bertz CT molecular complexity index is 748. The Kier molecular flexibility index (Phi) is 9.05. The van der Waals surface area contributed by atoms with Gasteiger partial charge in [0, 0.05) is 24.5 Å². The molecule has 0 aromatic carbocycles. The van der Waals surface area contributed by atoms with Gasteiger partial charge in [0.15, 0.2) is 5.78 Å². The summed E-state index contributed by atoms with van der Waals surface area (Å²) in [5, 5.41) is 19.4. The zero-order chi connectivity index (χ0) is 23.3. The molecule has 0 saturated heterocycles. The van der Waals surface area contributed by atoms with E-state index < -0.39 is 12.0 Å². The van der Waals surface area contributed by atoms with Gasteiger partial charge in [-0.05, 0) is 86.2 Å². The third-order valence-electron chi connectivity index (χ3n) is 7.22. The number of hydrogen-bond acceptors (Lipinski definition) is 5. The summed E-state index contributed by atoms with van der Waals surface area (Å²) in [5.41, 5.74) is 2.74. The molecule has 0 radical (unpaired) electrons. The fraction of sp³-hybridized carbons (Fsp3) is 0.667. The molecular weight excluding hydrogens is 433 g/mol. The van der Waals surface area contributed by atoms with E-state index in [4.69, 9.17) is 8.78 Å². The molecule has 6 nitrogen and oxygen atoms in total. The molecule has 0 aromatic heterocycles. The average Bonchev–Trinajstić information content (AvgIpc) is 2.71. The fourth-order valence-corrected chi connectivity index (χ4v) is 6.47. The van der Waals surface area contributed by atoms with Gasteiger partial charge >= 0.3 is 27.0 Å². The predicted molar refractivity (Wildman–Crippen MR) is 114 cm³/mol. The summed E-state index contributed by atoms with van der Waals surface area (Å²) in [4.78, 5) is 24.8. The molecule has 0 unspecified atom stereocenters. The first-order valence-corrected chi connectivity index (χ1v) is 11.6. The van der Waals surface area contributed by atoms with Crippen molar-refractivity contribution in [1.82, 2.24) is 5.32 Å². The van der Waals surface area contributed by atoms with Gasteiger partial charge < -0.3 is 15.5 Å². The number of carboxylic acids is 1. The number of ketones is 1. The second-order valence-electron chi connectivity index (χ2n) is 9.80. The van der Waals surface area contributed by atoms with Crippen molar-refractivity contribution >= 4 is 11.8 Å². The summed E-state index contributed by atoms with van der Waals surface area (Å²) in [6, 6.07) is -0.687. The van der Waals surface area contributed by atoms with Crippen molar-refractivity contribution in [2.75, 3.05) is 7.11 Å². The number of carboxylic acid groups (broad SMARTS) is 1. The van der Waals surface area contributed by atoms with Gasteiger partial charge in [0.2, 0.25) is 0 Å². The Hall–Kier alpha value is -1.50. The van der Waals surface area contributed by atoms with Crippen LogP contribution in [0.25, 0.3) is 0 Å². The molecule has 3 N–H and O–H groups in total. The van der Waals surface area contributed by atoms with E-state index in [1.807, 2.05) is 26.8 Å². The van der Waals surface area contributed by atoms with Gasteiger partial charge in [-0.2, -0.15) is 0 Å². The van der Waals surface area contributed by atoms with Crippen LogP contribution in [-0.2, 0) is 30.6 Å². The van der Waals surface area contributed by atoms with Crippen LogP contribution in [0.5, 0.6) is 0 Å². The van der Waals surface area contributed by atoms with Gasteiger partial charge in [0.1, 0.15) is 6.04 Å². The van der Waals surface area contributed by atoms with Crippen molar-refractivity contribution < 1.29 is 40.8 Å². The van der Waals surface area contributed by atoms with Crippen molar-refractivity contribution in [2.45, 2.75) is 65.3 Å². The Labute approximate surface area is 194 Å². The molecule has 0 aliphatic heterocycles. The van der Waals surface area contributed by atoms with Gasteiger partial charge in [-0.3, -0.25) is 4.79 Å². The number of aliphatic hydroxyl groups is 1. The quantitative estimate of drug-likeness (QED) is 0.532. The number of rotatable bonds is 5. The first-order chi connectivity index (χ1) is 14.8. The normalized spacial score (nSPS) is 32.9. The third kappa shape index (κ3) is 5.47. The first-order valence-electron chi connectivity index (χ1n) is 11.0. The van der Waals surface area contributed by atoms with E-state index in [0.29, 0.717) is 5.57 Å². The minimum absolute atomic E-state index is 0.0544. The van der Waals surface area contributed by atoms with E-state index >= 15 is 0 Å². The molecule has 4 bridgehead atoms. The summed E-state index contributed by atoms with van der Waals surface area (Å²) < 4.78 is 8.19. The molecule has 1 atom stereocenters. The molecule has 4 saturated carbocycles. The molecule has 7 heteroatoms. The van der Waals surface area contributed by atoms with Crippen LogP contribution in [0.4, 0.5) is 0 Å². The van der Waals surface area contributed by atoms with Crippen LogP contribution in [0.15, 0.2) is 35.1 Å². The number of Topliss-reactive ketones (excluding diaryl/α,β-unsaturated/α-hetero) is 1. The van der Waals surface area contributed by atoms with Gasteiger partial charge in [0.25, 0.3) is 0 Å². The van der Waals surface area contributed by atoms with E-state index in [1.165, 1.54) is 19.3 Å². The standard InChI is InChI=1S/C23H31NO3.CH4O.O.V/c1-13(2)20(22(26)27)24-12-18-4-14(3)5-19(21(18)25)23-9-15-6-16(10-23)8-17(7-15)11-23;1-2;;/h4-5,12-13,15-17,20,24H,6-11H2,1-3H3,(H,26,27);2H,1H3;;/b18-12-;;;/t15?,16?,17?,20-,23?;;;/m0.../s1. The van der Waals surface area contributed by atoms with E-state index in [0.717, 1.165) is 72.6 Å². The van der Waals surface area contributed by atoms with Crippen molar-refractivity contribution in [3.05, 3.63) is 35.1 Å². The number of allylic oxidation sites excluding steroid dienone is 5. The van der Waals surface area contributed by atoms with Crippen LogP contribution >= 0.6 is 0 Å². The Morgan fingerprint density at radius 3 is 2.00 bits per heavy atom. The van der Waals surface area contributed by atoms with Crippen LogP contribution in [0, 0.1) is 29.1 Å². The number of aliphatic carboxylic acids is 1. The summed E-state index contributed by atoms with van der Waals surface area (Å²) in [7, 11) is 1.00. The predicted octanol–water partition coefficient (Wildman–Crippen LogP) is 3.73. The maximum absolute atomic E-state index is 13.4. The van der Waals surface area contributed by atoms with E-state index in [2.05, 4.69) is 11.4 Å². The topological polar surface area (TPSA) is 104 Å². The molecule has 0 spiro atoms. The van der Waals surface area contributed by atoms with Crippen LogP contribution in [-0.4, -0.2) is 35.1 Å². The van der Waals surface area contributed by atoms with Crippen LogP contribution in [0.3, 0.4) is 0 Å². The molecule has 0 aromatic rings. The van der Waals surface area contributed by atoms with Crippen molar-refractivity contribution in [3.63, 3.8) is 0 Å². The maximum atomic E-state index is 13.4. The first kappa shape index (κ1) is 25.8. The fourth-order valence-electron chi connectivity index (χ4n) is 6.47. The molecular formula is C24H35NO5V. The van der Waals surface area contributed by atoms with Crippen molar-refractivity contribution in [3.8, 4) is 0 Å². The van der Waals surface area contributed by atoms with Crippen LogP contribution < -0.4 is 5.32 Å². The number of carbonyl (C=O) groups is 2. The van der Waals surface area contributed by atoms with Crippen LogP contribution in [0.1, 0.15) is 59.3 Å². The Morgan fingerprint density at radius 2 is 1.58 bits per heavy atom. The monoisotopic (exact) mass is 468 g/mol. The number of carbonyl (C=O) groups excluding carboxylic acids is 1. The van der Waals surface area contributed by atoms with Gasteiger partial charge in [0.05, 0.1) is 0 Å². The minimum atomic E-state index is -0.886. The summed E-state index contributed by atoms with van der Waals surface area (Å²) in [5.74, 6) is 1.53. The van der Waals surface area contributed by atoms with Crippen molar-refractivity contribution in [1.29, 1.82) is 0 Å². The average molecular weight is 468 g/mol. The molecule has 5 rings (SSSR count). The van der Waals surface area contributed by atoms with Gasteiger partial charge in [-0.25, -0.2) is 4.79 Å².